The fourth-order valence-corrected chi connectivity index (χ4v) is 3.18. The fourth-order valence-electron chi connectivity index (χ4n) is 3.18. The number of carbonyl (C=O) groups is 2. The molecule has 2 aromatic carbocycles. The van der Waals surface area contributed by atoms with Crippen LogP contribution in [0.25, 0.3) is 5.57 Å². The Balaban J connectivity index is 2.16. The highest BCUT2D eigenvalue weighted by atomic mass is 16.5. The molecular formula is C22H22N2O3. The van der Waals surface area contributed by atoms with E-state index >= 15 is 0 Å². The van der Waals surface area contributed by atoms with Crippen LogP contribution in [0.4, 0.5) is 5.69 Å². The van der Waals surface area contributed by atoms with Gasteiger partial charge in [0.25, 0.3) is 11.8 Å². The molecule has 5 heteroatoms. The van der Waals surface area contributed by atoms with Gasteiger partial charge < -0.3 is 10.1 Å². The fraction of sp³-hybridized carbons (Fsp3) is 0.182. The highest BCUT2D eigenvalue weighted by Gasteiger charge is 2.39. The minimum absolute atomic E-state index is 0.147. The lowest BCUT2D eigenvalue weighted by Gasteiger charge is -2.13. The molecule has 0 unspecified atom stereocenters. The topological polar surface area (TPSA) is 58.6 Å². The van der Waals surface area contributed by atoms with E-state index in [4.69, 9.17) is 4.74 Å². The number of nitrogens with zero attached hydrogens (tertiary/aromatic N) is 1. The number of methoxy groups -OCH3 is 1. The molecule has 0 atom stereocenters. The molecule has 1 aliphatic heterocycles. The van der Waals surface area contributed by atoms with Gasteiger partial charge in [0.1, 0.15) is 11.4 Å². The highest BCUT2D eigenvalue weighted by Crippen LogP contribution is 2.35. The van der Waals surface area contributed by atoms with E-state index in [2.05, 4.69) is 11.9 Å². The minimum Gasteiger partial charge on any atom is -0.496 e. The van der Waals surface area contributed by atoms with E-state index in [0.717, 1.165) is 16.8 Å². The van der Waals surface area contributed by atoms with Gasteiger partial charge in [-0.15, -0.1) is 6.58 Å². The Hall–Kier alpha value is -3.34. The van der Waals surface area contributed by atoms with Crippen LogP contribution in [-0.4, -0.2) is 30.4 Å². The lowest BCUT2D eigenvalue weighted by molar-refractivity contribution is -0.136. The molecule has 0 saturated carbocycles. The molecule has 1 heterocycles. The van der Waals surface area contributed by atoms with Crippen molar-refractivity contribution in [1.82, 2.24) is 4.90 Å². The van der Waals surface area contributed by atoms with Crippen LogP contribution in [0.1, 0.15) is 16.7 Å². The second-order valence-electron chi connectivity index (χ2n) is 6.40. The van der Waals surface area contributed by atoms with Crippen LogP contribution in [0.15, 0.2) is 60.8 Å². The monoisotopic (exact) mass is 362 g/mol. The molecule has 1 N–H and O–H groups in total. The first-order chi connectivity index (χ1) is 13.0. The van der Waals surface area contributed by atoms with Crippen molar-refractivity contribution in [2.75, 3.05) is 19.0 Å². The number of para-hydroxylation sites is 1. The van der Waals surface area contributed by atoms with Crippen molar-refractivity contribution in [2.45, 2.75) is 13.8 Å². The van der Waals surface area contributed by atoms with Crippen molar-refractivity contribution in [3.63, 3.8) is 0 Å². The SMILES string of the molecule is C=CCN1C(=O)C(Nc2ccc(C)cc2C)=C(c2ccccc2OC)C1=O. The van der Waals surface area contributed by atoms with Crippen LogP contribution in [0.3, 0.4) is 0 Å². The van der Waals surface area contributed by atoms with Gasteiger partial charge in [0.05, 0.1) is 12.7 Å². The molecule has 0 spiro atoms. The van der Waals surface area contributed by atoms with Crippen molar-refractivity contribution >= 4 is 23.1 Å². The predicted molar refractivity (Wildman–Crippen MR) is 106 cm³/mol. The number of carbonyl (C=O) groups excluding carboxylic acids is 2. The third-order valence-electron chi connectivity index (χ3n) is 4.50. The molecular weight excluding hydrogens is 340 g/mol. The summed E-state index contributed by atoms with van der Waals surface area (Å²) >= 11 is 0. The zero-order valence-electron chi connectivity index (χ0n) is 15.7. The second-order valence-corrected chi connectivity index (χ2v) is 6.40. The van der Waals surface area contributed by atoms with Gasteiger partial charge in [-0.2, -0.15) is 0 Å². The summed E-state index contributed by atoms with van der Waals surface area (Å²) in [5.41, 5.74) is 4.03. The first-order valence-electron chi connectivity index (χ1n) is 8.67. The maximum Gasteiger partial charge on any atom is 0.278 e. The Morgan fingerprint density at radius 2 is 1.85 bits per heavy atom. The molecule has 2 aromatic rings. The molecule has 0 saturated heterocycles. The number of rotatable bonds is 6. The van der Waals surface area contributed by atoms with Crippen LogP contribution in [0.5, 0.6) is 5.75 Å². The number of imide groups is 1. The number of anilines is 1. The Morgan fingerprint density at radius 1 is 1.11 bits per heavy atom. The normalized spacial score (nSPS) is 14.0. The van der Waals surface area contributed by atoms with Gasteiger partial charge in [-0.05, 0) is 31.5 Å². The van der Waals surface area contributed by atoms with Gasteiger partial charge in [0, 0.05) is 17.8 Å². The lowest BCUT2D eigenvalue weighted by Crippen LogP contribution is -2.32. The zero-order valence-corrected chi connectivity index (χ0v) is 15.7. The van der Waals surface area contributed by atoms with E-state index in [9.17, 15) is 9.59 Å². The van der Waals surface area contributed by atoms with Gasteiger partial charge >= 0.3 is 0 Å². The molecule has 0 fully saturated rings. The molecule has 1 aliphatic rings. The maximum atomic E-state index is 13.0. The van der Waals surface area contributed by atoms with Gasteiger partial charge in [0.15, 0.2) is 0 Å². The summed E-state index contributed by atoms with van der Waals surface area (Å²) < 4.78 is 5.41. The lowest BCUT2D eigenvalue weighted by atomic mass is 10.0. The summed E-state index contributed by atoms with van der Waals surface area (Å²) in [5, 5.41) is 3.18. The van der Waals surface area contributed by atoms with Crippen molar-refractivity contribution in [1.29, 1.82) is 0 Å². The summed E-state index contributed by atoms with van der Waals surface area (Å²) in [4.78, 5) is 27.2. The second kappa shape index (κ2) is 7.50. The number of benzene rings is 2. The average molecular weight is 362 g/mol. The van der Waals surface area contributed by atoms with Gasteiger partial charge in [-0.25, -0.2) is 0 Å². The molecule has 5 nitrogen and oxygen atoms in total. The van der Waals surface area contributed by atoms with Crippen LogP contribution in [0, 0.1) is 13.8 Å². The molecule has 0 aromatic heterocycles. The number of amides is 2. The largest absolute Gasteiger partial charge is 0.496 e. The number of ether oxygens (including phenoxy) is 1. The minimum atomic E-state index is -0.374. The third kappa shape index (κ3) is 3.36. The van der Waals surface area contributed by atoms with E-state index < -0.39 is 0 Å². The van der Waals surface area contributed by atoms with Crippen molar-refractivity contribution in [3.05, 3.63) is 77.5 Å². The number of hydrogen-bond acceptors (Lipinski definition) is 4. The van der Waals surface area contributed by atoms with E-state index in [1.807, 2.05) is 44.2 Å². The summed E-state index contributed by atoms with van der Waals surface area (Å²) in [6.45, 7) is 7.76. The van der Waals surface area contributed by atoms with E-state index in [0.29, 0.717) is 16.9 Å². The number of nitrogens with one attached hydrogen (secondary N) is 1. The molecule has 138 valence electrons. The first kappa shape index (κ1) is 18.5. The summed E-state index contributed by atoms with van der Waals surface area (Å²) in [5.74, 6) is -0.202. The van der Waals surface area contributed by atoms with Crippen molar-refractivity contribution in [2.24, 2.45) is 0 Å². The Bertz CT molecular complexity index is 960. The molecule has 0 bridgehead atoms. The van der Waals surface area contributed by atoms with Gasteiger partial charge in [-0.3, -0.25) is 14.5 Å². The van der Waals surface area contributed by atoms with E-state index in [-0.39, 0.29) is 24.1 Å². The average Bonchev–Trinajstić information content (AvgIpc) is 2.88. The Kier molecular flexibility index (Phi) is 5.12. The molecule has 0 aliphatic carbocycles. The molecule has 0 radical (unpaired) electrons. The summed E-state index contributed by atoms with van der Waals surface area (Å²) in [6.07, 6.45) is 1.54. The maximum absolute atomic E-state index is 13.0. The smallest absolute Gasteiger partial charge is 0.278 e. The molecule has 3 rings (SSSR count). The van der Waals surface area contributed by atoms with Gasteiger partial charge in [-0.1, -0.05) is 42.0 Å². The standard InChI is InChI=1S/C22H22N2O3/c1-5-12-24-21(25)19(16-8-6-7-9-18(16)27-4)20(22(24)26)23-17-11-10-14(2)13-15(17)3/h5-11,13,23H,1,12H2,2-4H3. The molecule has 27 heavy (non-hydrogen) atoms. The van der Waals surface area contributed by atoms with Crippen LogP contribution >= 0.6 is 0 Å². The highest BCUT2D eigenvalue weighted by molar-refractivity contribution is 6.37. The van der Waals surface area contributed by atoms with Crippen LogP contribution < -0.4 is 10.1 Å². The van der Waals surface area contributed by atoms with Crippen molar-refractivity contribution in [3.8, 4) is 5.75 Å². The Morgan fingerprint density at radius 3 is 2.52 bits per heavy atom. The van der Waals surface area contributed by atoms with Crippen molar-refractivity contribution < 1.29 is 14.3 Å². The Labute approximate surface area is 158 Å². The first-order valence-corrected chi connectivity index (χ1v) is 8.67. The van der Waals surface area contributed by atoms with Crippen LogP contribution in [0.2, 0.25) is 0 Å². The predicted octanol–water partition coefficient (Wildman–Crippen LogP) is 3.69. The van der Waals surface area contributed by atoms with E-state index in [1.54, 1.807) is 19.2 Å². The summed E-state index contributed by atoms with van der Waals surface area (Å²) in [6, 6.07) is 13.1. The number of hydrogen-bond donors (Lipinski definition) is 1. The summed E-state index contributed by atoms with van der Waals surface area (Å²) in [7, 11) is 1.54. The van der Waals surface area contributed by atoms with Crippen LogP contribution in [-0.2, 0) is 9.59 Å². The number of aryl methyl sites for hydroxylation is 2. The molecule has 2 amide bonds. The van der Waals surface area contributed by atoms with E-state index in [1.165, 1.54) is 11.0 Å². The quantitative estimate of drug-likeness (QED) is 0.629. The third-order valence-corrected chi connectivity index (χ3v) is 4.50. The zero-order chi connectivity index (χ0) is 19.6. The van der Waals surface area contributed by atoms with Gasteiger partial charge in [0.2, 0.25) is 0 Å².